The van der Waals surface area contributed by atoms with Gasteiger partial charge in [-0.3, -0.25) is 4.79 Å². The number of nitrogen functional groups attached to an aromatic ring is 1. The molecule has 0 aliphatic rings. The van der Waals surface area contributed by atoms with E-state index in [2.05, 4.69) is 10.4 Å². The lowest BCUT2D eigenvalue weighted by molar-refractivity contribution is -0.115. The van der Waals surface area contributed by atoms with Crippen LogP contribution in [0.3, 0.4) is 0 Å². The van der Waals surface area contributed by atoms with Crippen molar-refractivity contribution >= 4 is 35.1 Å². The molecule has 0 aliphatic carbocycles. The van der Waals surface area contributed by atoms with Crippen molar-refractivity contribution < 1.29 is 14.3 Å². The number of amides is 1. The van der Waals surface area contributed by atoms with E-state index < -0.39 is 11.7 Å². The summed E-state index contributed by atoms with van der Waals surface area (Å²) in [7, 11) is 0. The number of ether oxygens (including phenoxy) is 1. The number of rotatable bonds is 3. The summed E-state index contributed by atoms with van der Waals surface area (Å²) in [4.78, 5) is 23.9. The minimum absolute atomic E-state index is 0.112. The highest BCUT2D eigenvalue weighted by atomic mass is 35.5. The van der Waals surface area contributed by atoms with Crippen molar-refractivity contribution in [3.8, 4) is 0 Å². The molecule has 24 heavy (non-hydrogen) atoms. The van der Waals surface area contributed by atoms with Gasteiger partial charge in [-0.25, -0.2) is 4.79 Å². The van der Waals surface area contributed by atoms with Gasteiger partial charge >= 0.3 is 6.09 Å². The number of nitrogens with one attached hydrogen (secondary N) is 1. The molecule has 1 aromatic heterocycles. The lowest BCUT2D eigenvalue weighted by Crippen LogP contribution is -2.27. The third-order valence-electron chi connectivity index (χ3n) is 2.86. The molecule has 7 nitrogen and oxygen atoms in total. The van der Waals surface area contributed by atoms with Gasteiger partial charge in [0.05, 0.1) is 17.1 Å². The minimum Gasteiger partial charge on any atom is -0.442 e. The number of carbonyl (C=O) groups is 2. The first-order valence-electron chi connectivity index (χ1n) is 7.27. The van der Waals surface area contributed by atoms with E-state index in [-0.39, 0.29) is 18.1 Å². The highest BCUT2D eigenvalue weighted by Gasteiger charge is 2.18. The maximum Gasteiger partial charge on any atom is 0.435 e. The standard InChI is InChI=1S/C16H19ClN4O3/c1-16(2,3)24-15(23)21-7-6-13(20-21)19-14(22)9-10-4-5-11(17)12(18)8-10/h4-8H,9,18H2,1-3H3,(H,19,20,22). The Hall–Kier alpha value is -2.54. The number of nitrogens with zero attached hydrogens (tertiary/aromatic N) is 2. The van der Waals surface area contributed by atoms with Gasteiger partial charge in [-0.2, -0.15) is 4.68 Å². The van der Waals surface area contributed by atoms with Crippen LogP contribution in [0.15, 0.2) is 30.5 Å². The van der Waals surface area contributed by atoms with Gasteiger partial charge in [0.2, 0.25) is 5.91 Å². The molecule has 0 atom stereocenters. The summed E-state index contributed by atoms with van der Waals surface area (Å²) in [6.45, 7) is 5.28. The van der Waals surface area contributed by atoms with E-state index in [1.807, 2.05) is 0 Å². The Morgan fingerprint density at radius 1 is 1.33 bits per heavy atom. The second-order valence-electron chi connectivity index (χ2n) is 6.21. The third-order valence-corrected chi connectivity index (χ3v) is 3.21. The number of halogens is 1. The SMILES string of the molecule is CC(C)(C)OC(=O)n1ccc(NC(=O)Cc2ccc(Cl)c(N)c2)n1. The van der Waals surface area contributed by atoms with Crippen LogP contribution in [-0.2, 0) is 16.0 Å². The van der Waals surface area contributed by atoms with Crippen molar-refractivity contribution in [3.63, 3.8) is 0 Å². The van der Waals surface area contributed by atoms with Crippen molar-refractivity contribution in [1.82, 2.24) is 9.78 Å². The topological polar surface area (TPSA) is 99.2 Å². The summed E-state index contributed by atoms with van der Waals surface area (Å²) < 4.78 is 6.21. The van der Waals surface area contributed by atoms with Crippen LogP contribution in [0.2, 0.25) is 5.02 Å². The molecular weight excluding hydrogens is 332 g/mol. The third kappa shape index (κ3) is 4.99. The molecule has 0 fully saturated rings. The van der Waals surface area contributed by atoms with Crippen molar-refractivity contribution in [1.29, 1.82) is 0 Å². The summed E-state index contributed by atoms with van der Waals surface area (Å²) in [5.74, 6) is -0.0287. The number of benzene rings is 1. The van der Waals surface area contributed by atoms with Crippen LogP contribution in [0.4, 0.5) is 16.3 Å². The van der Waals surface area contributed by atoms with Crippen LogP contribution in [0.25, 0.3) is 0 Å². The van der Waals surface area contributed by atoms with E-state index in [1.165, 1.54) is 12.3 Å². The quantitative estimate of drug-likeness (QED) is 0.829. The highest BCUT2D eigenvalue weighted by molar-refractivity contribution is 6.33. The number of aromatic nitrogens is 2. The lowest BCUT2D eigenvalue weighted by atomic mass is 10.1. The van der Waals surface area contributed by atoms with Crippen LogP contribution < -0.4 is 11.1 Å². The minimum atomic E-state index is -0.624. The molecule has 8 heteroatoms. The maximum absolute atomic E-state index is 12.0. The Bertz CT molecular complexity index is 765. The van der Waals surface area contributed by atoms with E-state index in [0.29, 0.717) is 10.7 Å². The number of anilines is 2. The van der Waals surface area contributed by atoms with Crippen LogP contribution in [0.1, 0.15) is 26.3 Å². The van der Waals surface area contributed by atoms with Crippen LogP contribution >= 0.6 is 11.6 Å². The van der Waals surface area contributed by atoms with Gasteiger partial charge in [0, 0.05) is 12.3 Å². The Balaban J connectivity index is 1.97. The Labute approximate surface area is 144 Å². The predicted molar refractivity (Wildman–Crippen MR) is 92.1 cm³/mol. The van der Waals surface area contributed by atoms with Crippen LogP contribution in [-0.4, -0.2) is 27.4 Å². The Morgan fingerprint density at radius 3 is 2.67 bits per heavy atom. The van der Waals surface area contributed by atoms with E-state index in [4.69, 9.17) is 22.1 Å². The zero-order chi connectivity index (χ0) is 17.9. The van der Waals surface area contributed by atoms with Gasteiger partial charge in [0.1, 0.15) is 5.60 Å². The van der Waals surface area contributed by atoms with Gasteiger partial charge in [0.25, 0.3) is 0 Å². The zero-order valence-corrected chi connectivity index (χ0v) is 14.4. The molecule has 0 bridgehead atoms. The molecule has 2 rings (SSSR count). The summed E-state index contributed by atoms with van der Waals surface area (Å²) in [5.41, 5.74) is 6.22. The molecule has 128 valence electrons. The van der Waals surface area contributed by atoms with Gasteiger partial charge in [-0.15, -0.1) is 5.10 Å². The monoisotopic (exact) mass is 350 g/mol. The first-order chi connectivity index (χ1) is 11.1. The normalized spacial score (nSPS) is 11.2. The molecule has 0 saturated carbocycles. The molecular formula is C16H19ClN4O3. The molecule has 0 radical (unpaired) electrons. The van der Waals surface area contributed by atoms with Crippen molar-refractivity contribution in [2.45, 2.75) is 32.8 Å². The molecule has 3 N–H and O–H groups in total. The molecule has 1 heterocycles. The molecule has 1 aromatic carbocycles. The van der Waals surface area contributed by atoms with Gasteiger partial charge in [-0.05, 0) is 38.5 Å². The second kappa shape index (κ2) is 6.92. The Kier molecular flexibility index (Phi) is 5.14. The average molecular weight is 351 g/mol. The zero-order valence-electron chi connectivity index (χ0n) is 13.7. The summed E-state index contributed by atoms with van der Waals surface area (Å²) in [6, 6.07) is 6.51. The second-order valence-corrected chi connectivity index (χ2v) is 6.61. The number of carbonyl (C=O) groups excluding carboxylic acids is 2. The molecule has 2 aromatic rings. The van der Waals surface area contributed by atoms with E-state index in [9.17, 15) is 9.59 Å². The van der Waals surface area contributed by atoms with E-state index in [1.54, 1.807) is 39.0 Å². The van der Waals surface area contributed by atoms with Crippen LogP contribution in [0, 0.1) is 0 Å². The van der Waals surface area contributed by atoms with E-state index in [0.717, 1.165) is 10.2 Å². The molecule has 0 saturated heterocycles. The average Bonchev–Trinajstić information content (AvgIpc) is 2.89. The number of hydrogen-bond donors (Lipinski definition) is 2. The van der Waals surface area contributed by atoms with Gasteiger partial charge < -0.3 is 15.8 Å². The fraction of sp³-hybridized carbons (Fsp3) is 0.312. The molecule has 1 amide bonds. The fourth-order valence-corrected chi connectivity index (χ4v) is 1.99. The number of nitrogens with two attached hydrogens (primary N) is 1. The maximum atomic E-state index is 12.0. The Morgan fingerprint density at radius 2 is 2.04 bits per heavy atom. The number of hydrogen-bond acceptors (Lipinski definition) is 5. The summed E-state index contributed by atoms with van der Waals surface area (Å²) in [5, 5.41) is 7.02. The highest BCUT2D eigenvalue weighted by Crippen LogP contribution is 2.20. The smallest absolute Gasteiger partial charge is 0.435 e. The first-order valence-corrected chi connectivity index (χ1v) is 7.64. The largest absolute Gasteiger partial charge is 0.442 e. The lowest BCUT2D eigenvalue weighted by Gasteiger charge is -2.18. The molecule has 0 spiro atoms. The van der Waals surface area contributed by atoms with Crippen molar-refractivity contribution in [3.05, 3.63) is 41.0 Å². The van der Waals surface area contributed by atoms with Gasteiger partial charge in [0.15, 0.2) is 5.82 Å². The first kappa shape index (κ1) is 17.8. The summed E-state index contributed by atoms with van der Waals surface area (Å²) >= 11 is 5.84. The predicted octanol–water partition coefficient (Wildman–Crippen LogP) is 3.08. The van der Waals surface area contributed by atoms with E-state index >= 15 is 0 Å². The van der Waals surface area contributed by atoms with Crippen molar-refractivity contribution in [2.75, 3.05) is 11.1 Å². The van der Waals surface area contributed by atoms with Gasteiger partial charge in [-0.1, -0.05) is 17.7 Å². The van der Waals surface area contributed by atoms with Crippen molar-refractivity contribution in [2.24, 2.45) is 0 Å². The fourth-order valence-electron chi connectivity index (χ4n) is 1.88. The van der Waals surface area contributed by atoms with Crippen LogP contribution in [0.5, 0.6) is 0 Å². The summed E-state index contributed by atoms with van der Waals surface area (Å²) in [6.07, 6.45) is 0.915. The molecule has 0 aliphatic heterocycles. The molecule has 0 unspecified atom stereocenters.